The zero-order valence-corrected chi connectivity index (χ0v) is 14.4. The second kappa shape index (κ2) is 6.97. The summed E-state index contributed by atoms with van der Waals surface area (Å²) >= 11 is 0. The summed E-state index contributed by atoms with van der Waals surface area (Å²) in [5, 5.41) is 2.95. The molecule has 0 bridgehead atoms. The molecule has 2 amide bonds. The number of hydrogen-bond acceptors (Lipinski definition) is 3. The monoisotopic (exact) mass is 336 g/mol. The molecule has 1 N–H and O–H groups in total. The third-order valence-corrected chi connectivity index (χ3v) is 4.72. The summed E-state index contributed by atoms with van der Waals surface area (Å²) in [5.74, 6) is 0.805. The minimum Gasteiger partial charge on any atom is -0.496 e. The summed E-state index contributed by atoms with van der Waals surface area (Å²) in [6.45, 7) is 5.02. The van der Waals surface area contributed by atoms with Gasteiger partial charge in [-0.1, -0.05) is 0 Å². The van der Waals surface area contributed by atoms with Gasteiger partial charge in [0.25, 0.3) is 0 Å². The first kappa shape index (κ1) is 17.0. The Morgan fingerprint density at radius 2 is 2.17 bits per heavy atom. The molecule has 132 valence electrons. The molecule has 3 unspecified atom stereocenters. The van der Waals surface area contributed by atoms with Gasteiger partial charge in [-0.05, 0) is 50.8 Å². The van der Waals surface area contributed by atoms with Gasteiger partial charge < -0.3 is 19.7 Å². The highest BCUT2D eigenvalue weighted by Crippen LogP contribution is 2.36. The Bertz CT molecular complexity index is 606. The van der Waals surface area contributed by atoms with Crippen LogP contribution in [0.3, 0.4) is 0 Å². The van der Waals surface area contributed by atoms with Crippen molar-refractivity contribution in [3.63, 3.8) is 0 Å². The molecule has 2 aliphatic rings. The van der Waals surface area contributed by atoms with E-state index in [9.17, 15) is 9.18 Å². The largest absolute Gasteiger partial charge is 0.496 e. The van der Waals surface area contributed by atoms with Gasteiger partial charge in [-0.25, -0.2) is 9.18 Å². The molecular weight excluding hydrogens is 311 g/mol. The van der Waals surface area contributed by atoms with Crippen LogP contribution in [0, 0.1) is 11.7 Å². The maximum atomic E-state index is 13.5. The maximum Gasteiger partial charge on any atom is 0.318 e. The van der Waals surface area contributed by atoms with Gasteiger partial charge in [-0.3, -0.25) is 0 Å². The highest BCUT2D eigenvalue weighted by molar-refractivity contribution is 5.75. The van der Waals surface area contributed by atoms with Crippen LogP contribution < -0.4 is 10.1 Å². The van der Waals surface area contributed by atoms with Crippen LogP contribution in [-0.2, 0) is 4.74 Å². The second-order valence-electron chi connectivity index (χ2n) is 6.79. The van der Waals surface area contributed by atoms with E-state index in [2.05, 4.69) is 5.32 Å². The molecule has 2 fully saturated rings. The fraction of sp³-hybridized carbons (Fsp3) is 0.611. The number of ether oxygens (including phenoxy) is 2. The zero-order valence-electron chi connectivity index (χ0n) is 14.4. The van der Waals surface area contributed by atoms with Gasteiger partial charge >= 0.3 is 6.03 Å². The minimum atomic E-state index is -0.347. The van der Waals surface area contributed by atoms with Gasteiger partial charge in [-0.15, -0.1) is 0 Å². The highest BCUT2D eigenvalue weighted by atomic mass is 19.1. The van der Waals surface area contributed by atoms with E-state index in [0.29, 0.717) is 30.3 Å². The van der Waals surface area contributed by atoms with Crippen molar-refractivity contribution in [1.82, 2.24) is 10.2 Å². The van der Waals surface area contributed by atoms with Crippen LogP contribution in [0.25, 0.3) is 0 Å². The number of carbonyl (C=O) groups excluding carboxylic acids is 1. The molecular formula is C18H25FN2O3. The van der Waals surface area contributed by atoms with Gasteiger partial charge in [0, 0.05) is 18.7 Å². The van der Waals surface area contributed by atoms with E-state index >= 15 is 0 Å². The molecule has 1 saturated heterocycles. The van der Waals surface area contributed by atoms with Crippen molar-refractivity contribution >= 4 is 6.03 Å². The number of amides is 2. The number of morpholine rings is 1. The number of carbonyl (C=O) groups is 1. The Labute approximate surface area is 142 Å². The van der Waals surface area contributed by atoms with Gasteiger partial charge in [0.2, 0.25) is 0 Å². The van der Waals surface area contributed by atoms with Crippen molar-refractivity contribution in [2.75, 3.05) is 20.2 Å². The van der Waals surface area contributed by atoms with Crippen LogP contribution in [-0.4, -0.2) is 43.3 Å². The Hall–Kier alpha value is -1.82. The van der Waals surface area contributed by atoms with E-state index in [0.717, 1.165) is 0 Å². The summed E-state index contributed by atoms with van der Waals surface area (Å²) in [6.07, 6.45) is 2.54. The van der Waals surface area contributed by atoms with Crippen molar-refractivity contribution < 1.29 is 18.7 Å². The molecule has 1 saturated carbocycles. The molecule has 1 aliphatic carbocycles. The van der Waals surface area contributed by atoms with Crippen LogP contribution in [0.1, 0.15) is 38.3 Å². The molecule has 3 rings (SSSR count). The number of methoxy groups -OCH3 is 1. The minimum absolute atomic E-state index is 0.0362. The molecule has 0 aromatic heterocycles. The molecule has 1 aromatic rings. The molecule has 6 heteroatoms. The van der Waals surface area contributed by atoms with Crippen molar-refractivity contribution in [1.29, 1.82) is 0 Å². The lowest BCUT2D eigenvalue weighted by Crippen LogP contribution is -2.53. The summed E-state index contributed by atoms with van der Waals surface area (Å²) in [6, 6.07) is 3.84. The van der Waals surface area contributed by atoms with Crippen LogP contribution in [0.2, 0.25) is 0 Å². The predicted molar refractivity (Wildman–Crippen MR) is 88.5 cm³/mol. The number of hydrogen-bond donors (Lipinski definition) is 1. The lowest BCUT2D eigenvalue weighted by Gasteiger charge is -2.37. The van der Waals surface area contributed by atoms with Crippen molar-refractivity contribution in [3.05, 3.63) is 29.6 Å². The van der Waals surface area contributed by atoms with Crippen LogP contribution in [0.15, 0.2) is 18.2 Å². The summed E-state index contributed by atoms with van der Waals surface area (Å²) in [7, 11) is 1.54. The number of rotatable bonds is 4. The van der Waals surface area contributed by atoms with E-state index in [1.807, 2.05) is 13.8 Å². The zero-order chi connectivity index (χ0) is 17.3. The number of halogens is 1. The first-order valence-electron chi connectivity index (χ1n) is 8.52. The number of nitrogens with zero attached hydrogens (tertiary/aromatic N) is 1. The quantitative estimate of drug-likeness (QED) is 0.919. The maximum absolute atomic E-state index is 13.5. The summed E-state index contributed by atoms with van der Waals surface area (Å²) in [5.41, 5.74) is 0.630. The van der Waals surface area contributed by atoms with Gasteiger partial charge in [-0.2, -0.15) is 0 Å². The highest BCUT2D eigenvalue weighted by Gasteiger charge is 2.38. The Balaban J connectivity index is 1.66. The molecule has 1 aliphatic heterocycles. The van der Waals surface area contributed by atoms with E-state index < -0.39 is 0 Å². The Morgan fingerprint density at radius 1 is 1.42 bits per heavy atom. The van der Waals surface area contributed by atoms with Crippen molar-refractivity contribution in [3.8, 4) is 5.75 Å². The number of urea groups is 1. The molecule has 0 radical (unpaired) electrons. The topological polar surface area (TPSA) is 50.8 Å². The van der Waals surface area contributed by atoms with Gasteiger partial charge in [0.15, 0.2) is 0 Å². The van der Waals surface area contributed by atoms with E-state index in [-0.39, 0.29) is 30.1 Å². The molecule has 1 heterocycles. The average molecular weight is 336 g/mol. The fourth-order valence-corrected chi connectivity index (χ4v) is 3.28. The van der Waals surface area contributed by atoms with Crippen LogP contribution in [0.4, 0.5) is 9.18 Å². The second-order valence-corrected chi connectivity index (χ2v) is 6.79. The molecule has 3 atom stereocenters. The van der Waals surface area contributed by atoms with Gasteiger partial charge in [0.05, 0.1) is 25.4 Å². The Kier molecular flexibility index (Phi) is 4.94. The van der Waals surface area contributed by atoms with Crippen LogP contribution >= 0.6 is 0 Å². The normalized spacial score (nSPS) is 25.2. The number of nitrogens with one attached hydrogen (secondary N) is 1. The fourth-order valence-electron chi connectivity index (χ4n) is 3.28. The third-order valence-electron chi connectivity index (χ3n) is 4.72. The molecule has 5 nitrogen and oxygen atoms in total. The first-order chi connectivity index (χ1) is 11.5. The lowest BCUT2D eigenvalue weighted by molar-refractivity contribution is -0.0732. The van der Waals surface area contributed by atoms with Gasteiger partial charge in [0.1, 0.15) is 11.6 Å². The predicted octanol–water partition coefficient (Wildman–Crippen LogP) is 3.10. The SMILES string of the molecule is COc1ccc(F)cc1C(C)NC(=O)N1CC(C)OC(C2CC2)C1. The lowest BCUT2D eigenvalue weighted by atomic mass is 10.1. The molecule has 24 heavy (non-hydrogen) atoms. The molecule has 1 aromatic carbocycles. The third kappa shape index (κ3) is 3.80. The van der Waals surface area contributed by atoms with E-state index in [4.69, 9.17) is 9.47 Å². The first-order valence-corrected chi connectivity index (χ1v) is 8.52. The van der Waals surface area contributed by atoms with E-state index in [1.54, 1.807) is 11.0 Å². The standard InChI is InChI=1S/C18H25FN2O3/c1-11-9-21(10-17(24-11)13-4-5-13)18(22)20-12(2)15-8-14(19)6-7-16(15)23-3/h6-8,11-13,17H,4-5,9-10H2,1-3H3,(H,20,22). The smallest absolute Gasteiger partial charge is 0.318 e. The summed E-state index contributed by atoms with van der Waals surface area (Å²) < 4.78 is 24.8. The van der Waals surface area contributed by atoms with E-state index in [1.165, 1.54) is 32.1 Å². The van der Waals surface area contributed by atoms with Crippen LogP contribution in [0.5, 0.6) is 5.75 Å². The molecule has 0 spiro atoms. The Morgan fingerprint density at radius 3 is 2.83 bits per heavy atom. The number of benzene rings is 1. The van der Waals surface area contributed by atoms with Crippen molar-refractivity contribution in [2.45, 2.75) is 44.9 Å². The summed E-state index contributed by atoms with van der Waals surface area (Å²) in [4.78, 5) is 14.4. The van der Waals surface area contributed by atoms with Crippen molar-refractivity contribution in [2.24, 2.45) is 5.92 Å². The average Bonchev–Trinajstić information content (AvgIpc) is 3.39.